The standard InChI is InChI=1S/C13H17N3S/c1-10-3-2-4-11(7-10)5-6-15-8-12-9-16-13(14)17-12/h2-4,7,9,15H,5-6,8H2,1H3,(H2,14,16). The minimum Gasteiger partial charge on any atom is -0.375 e. The van der Waals surface area contributed by atoms with Gasteiger partial charge in [-0.1, -0.05) is 29.8 Å². The first-order valence-corrected chi connectivity index (χ1v) is 6.52. The van der Waals surface area contributed by atoms with E-state index >= 15 is 0 Å². The molecular formula is C13H17N3S. The molecule has 1 aromatic heterocycles. The molecular weight excluding hydrogens is 230 g/mol. The van der Waals surface area contributed by atoms with Crippen molar-refractivity contribution in [3.05, 3.63) is 46.5 Å². The van der Waals surface area contributed by atoms with Crippen LogP contribution in [0.4, 0.5) is 5.13 Å². The van der Waals surface area contributed by atoms with E-state index in [-0.39, 0.29) is 0 Å². The SMILES string of the molecule is Cc1cccc(CCNCc2cnc(N)s2)c1. The van der Waals surface area contributed by atoms with Crippen LogP contribution < -0.4 is 11.1 Å². The van der Waals surface area contributed by atoms with Crippen molar-refractivity contribution in [3.63, 3.8) is 0 Å². The first-order valence-electron chi connectivity index (χ1n) is 5.70. The number of hydrogen-bond donors (Lipinski definition) is 2. The van der Waals surface area contributed by atoms with Crippen LogP contribution in [-0.2, 0) is 13.0 Å². The van der Waals surface area contributed by atoms with Crippen molar-refractivity contribution in [2.24, 2.45) is 0 Å². The average Bonchev–Trinajstić information content (AvgIpc) is 2.71. The van der Waals surface area contributed by atoms with E-state index in [2.05, 4.69) is 41.5 Å². The molecule has 90 valence electrons. The van der Waals surface area contributed by atoms with Crippen molar-refractivity contribution < 1.29 is 0 Å². The van der Waals surface area contributed by atoms with Crippen molar-refractivity contribution in [1.82, 2.24) is 10.3 Å². The van der Waals surface area contributed by atoms with Crippen molar-refractivity contribution in [3.8, 4) is 0 Å². The van der Waals surface area contributed by atoms with Gasteiger partial charge >= 0.3 is 0 Å². The van der Waals surface area contributed by atoms with E-state index in [0.29, 0.717) is 5.13 Å². The number of nitrogens with one attached hydrogen (secondary N) is 1. The molecule has 17 heavy (non-hydrogen) atoms. The van der Waals surface area contributed by atoms with Crippen molar-refractivity contribution in [2.75, 3.05) is 12.3 Å². The van der Waals surface area contributed by atoms with E-state index in [4.69, 9.17) is 5.73 Å². The molecule has 0 saturated carbocycles. The third kappa shape index (κ3) is 3.84. The number of anilines is 1. The van der Waals surface area contributed by atoms with Gasteiger partial charge in [-0.25, -0.2) is 4.98 Å². The molecule has 0 saturated heterocycles. The summed E-state index contributed by atoms with van der Waals surface area (Å²) in [5.74, 6) is 0. The van der Waals surface area contributed by atoms with E-state index in [1.807, 2.05) is 6.20 Å². The lowest BCUT2D eigenvalue weighted by molar-refractivity contribution is 0.692. The highest BCUT2D eigenvalue weighted by Crippen LogP contribution is 2.13. The molecule has 0 aliphatic rings. The largest absolute Gasteiger partial charge is 0.375 e. The Morgan fingerprint density at radius 2 is 2.29 bits per heavy atom. The third-order valence-electron chi connectivity index (χ3n) is 2.54. The van der Waals surface area contributed by atoms with Gasteiger partial charge in [0.2, 0.25) is 0 Å². The Kier molecular flexibility index (Phi) is 4.12. The fraction of sp³-hybridized carbons (Fsp3) is 0.308. The molecule has 4 heteroatoms. The van der Waals surface area contributed by atoms with Gasteiger partial charge in [0, 0.05) is 17.6 Å². The van der Waals surface area contributed by atoms with Gasteiger partial charge in [0.05, 0.1) is 0 Å². The summed E-state index contributed by atoms with van der Waals surface area (Å²) in [5, 5.41) is 4.04. The predicted octanol–water partition coefficient (Wildman–Crippen LogP) is 2.37. The van der Waals surface area contributed by atoms with E-state index in [1.54, 1.807) is 11.3 Å². The van der Waals surface area contributed by atoms with Crippen LogP contribution >= 0.6 is 11.3 Å². The maximum Gasteiger partial charge on any atom is 0.180 e. The molecule has 3 N–H and O–H groups in total. The number of hydrogen-bond acceptors (Lipinski definition) is 4. The van der Waals surface area contributed by atoms with Gasteiger partial charge in [-0.15, -0.1) is 11.3 Å². The minimum absolute atomic E-state index is 0.639. The summed E-state index contributed by atoms with van der Waals surface area (Å²) in [6.45, 7) is 3.94. The number of thiazole rings is 1. The number of aromatic nitrogens is 1. The zero-order valence-electron chi connectivity index (χ0n) is 9.94. The highest BCUT2D eigenvalue weighted by atomic mass is 32.1. The fourth-order valence-electron chi connectivity index (χ4n) is 1.72. The van der Waals surface area contributed by atoms with Gasteiger partial charge in [0.25, 0.3) is 0 Å². The molecule has 2 aromatic rings. The molecule has 0 bridgehead atoms. The highest BCUT2D eigenvalue weighted by Gasteiger charge is 1.98. The Bertz CT molecular complexity index is 479. The summed E-state index contributed by atoms with van der Waals surface area (Å²) in [5.41, 5.74) is 8.26. The van der Waals surface area contributed by atoms with Crippen LogP contribution in [0.15, 0.2) is 30.5 Å². The Labute approximate surface area is 106 Å². The van der Waals surface area contributed by atoms with Gasteiger partial charge in [-0.2, -0.15) is 0 Å². The summed E-state index contributed by atoms with van der Waals surface area (Å²) >= 11 is 1.54. The van der Waals surface area contributed by atoms with Gasteiger partial charge < -0.3 is 11.1 Å². The highest BCUT2D eigenvalue weighted by molar-refractivity contribution is 7.15. The van der Waals surface area contributed by atoms with Crippen molar-refractivity contribution in [2.45, 2.75) is 19.9 Å². The topological polar surface area (TPSA) is 50.9 Å². The number of nitrogen functional groups attached to an aromatic ring is 1. The van der Waals surface area contributed by atoms with E-state index in [1.165, 1.54) is 16.0 Å². The van der Waals surface area contributed by atoms with Crippen LogP contribution in [0.1, 0.15) is 16.0 Å². The Hall–Kier alpha value is -1.39. The summed E-state index contributed by atoms with van der Waals surface area (Å²) in [7, 11) is 0. The van der Waals surface area contributed by atoms with E-state index < -0.39 is 0 Å². The molecule has 0 unspecified atom stereocenters. The lowest BCUT2D eigenvalue weighted by Crippen LogP contribution is -2.15. The number of rotatable bonds is 5. The maximum absolute atomic E-state index is 5.57. The molecule has 0 aliphatic heterocycles. The summed E-state index contributed by atoms with van der Waals surface area (Å²) in [6.07, 6.45) is 2.88. The lowest BCUT2D eigenvalue weighted by atomic mass is 10.1. The fourth-order valence-corrected chi connectivity index (χ4v) is 2.37. The number of benzene rings is 1. The first-order chi connectivity index (χ1) is 8.24. The van der Waals surface area contributed by atoms with Gasteiger partial charge in [0.15, 0.2) is 5.13 Å². The molecule has 3 nitrogen and oxygen atoms in total. The zero-order chi connectivity index (χ0) is 12.1. The number of nitrogens with zero attached hydrogens (tertiary/aromatic N) is 1. The third-order valence-corrected chi connectivity index (χ3v) is 3.37. The second-order valence-corrected chi connectivity index (χ2v) is 5.23. The van der Waals surface area contributed by atoms with Crippen LogP contribution in [-0.4, -0.2) is 11.5 Å². The summed E-state index contributed by atoms with van der Waals surface area (Å²) in [6, 6.07) is 8.62. The molecule has 0 spiro atoms. The van der Waals surface area contributed by atoms with E-state index in [0.717, 1.165) is 19.5 Å². The smallest absolute Gasteiger partial charge is 0.180 e. The summed E-state index contributed by atoms with van der Waals surface area (Å²) in [4.78, 5) is 5.21. The monoisotopic (exact) mass is 247 g/mol. The predicted molar refractivity (Wildman–Crippen MR) is 73.1 cm³/mol. The quantitative estimate of drug-likeness (QED) is 0.798. The van der Waals surface area contributed by atoms with Gasteiger partial charge in [-0.3, -0.25) is 0 Å². The van der Waals surface area contributed by atoms with Gasteiger partial charge in [-0.05, 0) is 25.5 Å². The molecule has 0 atom stereocenters. The molecule has 0 radical (unpaired) electrons. The van der Waals surface area contributed by atoms with Crippen molar-refractivity contribution in [1.29, 1.82) is 0 Å². The second-order valence-electron chi connectivity index (χ2n) is 4.08. The normalized spacial score (nSPS) is 10.6. The first kappa shape index (κ1) is 12.1. The Balaban J connectivity index is 1.73. The van der Waals surface area contributed by atoms with Crippen LogP contribution in [0.3, 0.4) is 0 Å². The lowest BCUT2D eigenvalue weighted by Gasteiger charge is -2.04. The minimum atomic E-state index is 0.639. The van der Waals surface area contributed by atoms with Crippen LogP contribution in [0.5, 0.6) is 0 Å². The Morgan fingerprint density at radius 3 is 3.00 bits per heavy atom. The summed E-state index contributed by atoms with van der Waals surface area (Å²) < 4.78 is 0. The number of nitrogens with two attached hydrogens (primary N) is 1. The molecule has 1 aromatic carbocycles. The average molecular weight is 247 g/mol. The van der Waals surface area contributed by atoms with Crippen molar-refractivity contribution >= 4 is 16.5 Å². The zero-order valence-corrected chi connectivity index (χ0v) is 10.8. The molecule has 0 amide bonds. The Morgan fingerprint density at radius 1 is 1.41 bits per heavy atom. The molecule has 2 rings (SSSR count). The van der Waals surface area contributed by atoms with Crippen LogP contribution in [0.25, 0.3) is 0 Å². The van der Waals surface area contributed by atoms with Crippen LogP contribution in [0.2, 0.25) is 0 Å². The number of aryl methyl sites for hydroxylation is 1. The maximum atomic E-state index is 5.57. The van der Waals surface area contributed by atoms with Crippen LogP contribution in [0, 0.1) is 6.92 Å². The van der Waals surface area contributed by atoms with E-state index in [9.17, 15) is 0 Å². The second kappa shape index (κ2) is 5.80. The molecule has 1 heterocycles. The molecule has 0 fully saturated rings. The molecule has 0 aliphatic carbocycles. The van der Waals surface area contributed by atoms with Gasteiger partial charge in [0.1, 0.15) is 0 Å².